The zero-order valence-electron chi connectivity index (χ0n) is 13.0. The number of unbranched alkanes of at least 4 members (excludes halogenated alkanes) is 1. The molecule has 2 rings (SSSR count). The van der Waals surface area contributed by atoms with Crippen molar-refractivity contribution >= 4 is 35.0 Å². The topological polar surface area (TPSA) is 47.6 Å². The van der Waals surface area contributed by atoms with Crippen LogP contribution in [0, 0.1) is 0 Å². The summed E-state index contributed by atoms with van der Waals surface area (Å²) in [6.07, 6.45) is 3.08. The van der Waals surface area contributed by atoms with E-state index in [4.69, 9.17) is 21.1 Å². The fourth-order valence-electron chi connectivity index (χ4n) is 1.99. The van der Waals surface area contributed by atoms with Crippen LogP contribution in [0.2, 0.25) is 5.02 Å². The molecule has 1 aromatic rings. The van der Waals surface area contributed by atoms with Gasteiger partial charge in [0.1, 0.15) is 0 Å². The molecule has 1 aliphatic rings. The van der Waals surface area contributed by atoms with E-state index in [0.717, 1.165) is 25.0 Å². The van der Waals surface area contributed by atoms with Crippen LogP contribution in [0.1, 0.15) is 33.1 Å². The van der Waals surface area contributed by atoms with Crippen LogP contribution in [0.15, 0.2) is 12.1 Å². The maximum atomic E-state index is 12.2. The first kappa shape index (κ1) is 17.3. The number of nitrogens with one attached hydrogen (secondary N) is 1. The van der Waals surface area contributed by atoms with Gasteiger partial charge < -0.3 is 14.8 Å². The van der Waals surface area contributed by atoms with Crippen molar-refractivity contribution in [3.8, 4) is 11.5 Å². The lowest BCUT2D eigenvalue weighted by Gasteiger charge is -2.15. The van der Waals surface area contributed by atoms with Crippen LogP contribution in [0.4, 0.5) is 5.69 Å². The summed E-state index contributed by atoms with van der Waals surface area (Å²) in [4.78, 5) is 12.2. The highest BCUT2D eigenvalue weighted by Gasteiger charge is 2.18. The van der Waals surface area contributed by atoms with E-state index in [1.165, 1.54) is 0 Å². The van der Waals surface area contributed by atoms with Gasteiger partial charge in [0.25, 0.3) is 0 Å². The minimum Gasteiger partial charge on any atom is -0.490 e. The van der Waals surface area contributed by atoms with Crippen molar-refractivity contribution in [1.82, 2.24) is 0 Å². The van der Waals surface area contributed by atoms with Crippen LogP contribution in [0.5, 0.6) is 11.5 Å². The number of halogens is 1. The van der Waals surface area contributed by atoms with Gasteiger partial charge in [-0.1, -0.05) is 24.9 Å². The van der Waals surface area contributed by atoms with Crippen LogP contribution < -0.4 is 14.8 Å². The second-order valence-corrected chi connectivity index (χ2v) is 7.04. The third-order valence-electron chi connectivity index (χ3n) is 3.33. The molecule has 0 saturated heterocycles. The summed E-state index contributed by atoms with van der Waals surface area (Å²) < 4.78 is 11.2. The standard InChI is InChI=1S/C16H22ClNO3S/c1-3-4-8-22-11(2)16(19)18-13-10-15-14(9-12(13)17)20-6-5-7-21-15/h9-11H,3-8H2,1-2H3,(H,18,19). The molecule has 4 nitrogen and oxygen atoms in total. The van der Waals surface area contributed by atoms with Crippen molar-refractivity contribution in [3.63, 3.8) is 0 Å². The molecule has 1 aromatic carbocycles. The highest BCUT2D eigenvalue weighted by Crippen LogP contribution is 2.37. The summed E-state index contributed by atoms with van der Waals surface area (Å²) in [5.74, 6) is 2.20. The lowest BCUT2D eigenvalue weighted by atomic mass is 10.2. The van der Waals surface area contributed by atoms with Gasteiger partial charge >= 0.3 is 0 Å². The quantitative estimate of drug-likeness (QED) is 0.779. The number of fused-ring (bicyclic) bond motifs is 1. The lowest BCUT2D eigenvalue weighted by Crippen LogP contribution is -2.23. The molecular weight excluding hydrogens is 322 g/mol. The minimum atomic E-state index is -0.112. The summed E-state index contributed by atoms with van der Waals surface area (Å²) in [7, 11) is 0. The van der Waals surface area contributed by atoms with E-state index in [9.17, 15) is 4.79 Å². The van der Waals surface area contributed by atoms with Crippen LogP contribution >= 0.6 is 23.4 Å². The number of rotatable bonds is 6. The van der Waals surface area contributed by atoms with Crippen LogP contribution in [-0.4, -0.2) is 30.1 Å². The largest absolute Gasteiger partial charge is 0.490 e. The van der Waals surface area contributed by atoms with Crippen molar-refractivity contribution in [2.75, 3.05) is 24.3 Å². The molecule has 1 atom stereocenters. The Morgan fingerprint density at radius 2 is 2.05 bits per heavy atom. The third kappa shape index (κ3) is 4.71. The van der Waals surface area contributed by atoms with Gasteiger partial charge in [-0.05, 0) is 19.1 Å². The summed E-state index contributed by atoms with van der Waals surface area (Å²) in [6, 6.07) is 3.44. The van der Waals surface area contributed by atoms with Gasteiger partial charge in [-0.15, -0.1) is 11.8 Å². The third-order valence-corrected chi connectivity index (χ3v) is 4.88. The van der Waals surface area contributed by atoms with Crippen molar-refractivity contribution in [3.05, 3.63) is 17.2 Å². The normalized spacial score (nSPS) is 15.0. The van der Waals surface area contributed by atoms with E-state index < -0.39 is 0 Å². The first-order chi connectivity index (χ1) is 10.6. The smallest absolute Gasteiger partial charge is 0.237 e. The second-order valence-electron chi connectivity index (χ2n) is 5.19. The fraction of sp³-hybridized carbons (Fsp3) is 0.562. The maximum Gasteiger partial charge on any atom is 0.237 e. The van der Waals surface area contributed by atoms with Crippen molar-refractivity contribution < 1.29 is 14.3 Å². The van der Waals surface area contributed by atoms with E-state index in [2.05, 4.69) is 12.2 Å². The van der Waals surface area contributed by atoms with Crippen LogP contribution in [0.3, 0.4) is 0 Å². The number of amides is 1. The number of hydrogen-bond donors (Lipinski definition) is 1. The molecule has 6 heteroatoms. The number of ether oxygens (including phenoxy) is 2. The summed E-state index contributed by atoms with van der Waals surface area (Å²) >= 11 is 7.89. The highest BCUT2D eigenvalue weighted by atomic mass is 35.5. The average Bonchev–Trinajstić information content (AvgIpc) is 2.72. The first-order valence-corrected chi connectivity index (χ1v) is 9.06. The molecule has 1 N–H and O–H groups in total. The molecule has 0 bridgehead atoms. The summed E-state index contributed by atoms with van der Waals surface area (Å²) in [5.41, 5.74) is 0.568. The molecule has 0 spiro atoms. The minimum absolute atomic E-state index is 0.0440. The Balaban J connectivity index is 2.02. The molecule has 22 heavy (non-hydrogen) atoms. The SMILES string of the molecule is CCCCSC(C)C(=O)Nc1cc2c(cc1Cl)OCCCO2. The number of hydrogen-bond acceptors (Lipinski definition) is 4. The Bertz CT molecular complexity index is 524. The van der Waals surface area contributed by atoms with Gasteiger partial charge in [-0.2, -0.15) is 0 Å². The van der Waals surface area contributed by atoms with Crippen molar-refractivity contribution in [2.45, 2.75) is 38.4 Å². The Morgan fingerprint density at radius 3 is 2.73 bits per heavy atom. The molecule has 0 saturated carbocycles. The average molecular weight is 344 g/mol. The van der Waals surface area contributed by atoms with E-state index in [0.29, 0.717) is 35.4 Å². The summed E-state index contributed by atoms with van der Waals surface area (Å²) in [5, 5.41) is 3.23. The molecule has 122 valence electrons. The Morgan fingerprint density at radius 1 is 1.36 bits per heavy atom. The van der Waals surface area contributed by atoms with E-state index in [1.807, 2.05) is 6.92 Å². The van der Waals surface area contributed by atoms with E-state index in [-0.39, 0.29) is 11.2 Å². The van der Waals surface area contributed by atoms with E-state index in [1.54, 1.807) is 23.9 Å². The van der Waals surface area contributed by atoms with Crippen molar-refractivity contribution in [2.24, 2.45) is 0 Å². The first-order valence-electron chi connectivity index (χ1n) is 7.63. The highest BCUT2D eigenvalue weighted by molar-refractivity contribution is 8.00. The molecule has 1 amide bonds. The molecule has 0 fully saturated rings. The second kappa shape index (κ2) is 8.53. The van der Waals surface area contributed by atoms with E-state index >= 15 is 0 Å². The molecule has 0 aromatic heterocycles. The number of carbonyl (C=O) groups is 1. The molecular formula is C16H22ClNO3S. The van der Waals surface area contributed by atoms with Crippen molar-refractivity contribution in [1.29, 1.82) is 0 Å². The number of carbonyl (C=O) groups excluding carboxylic acids is 1. The lowest BCUT2D eigenvalue weighted by molar-refractivity contribution is -0.115. The fourth-order valence-corrected chi connectivity index (χ4v) is 3.21. The number of anilines is 1. The van der Waals surface area contributed by atoms with Gasteiger partial charge in [0, 0.05) is 18.6 Å². The molecule has 0 aliphatic carbocycles. The maximum absolute atomic E-state index is 12.2. The predicted molar refractivity (Wildman–Crippen MR) is 92.5 cm³/mol. The Labute approximate surface area is 140 Å². The van der Waals surface area contributed by atoms with Gasteiger partial charge in [-0.3, -0.25) is 4.79 Å². The van der Waals surface area contributed by atoms with Gasteiger partial charge in [0.05, 0.1) is 29.2 Å². The molecule has 1 aliphatic heterocycles. The zero-order chi connectivity index (χ0) is 15.9. The van der Waals surface area contributed by atoms with Crippen LogP contribution in [-0.2, 0) is 4.79 Å². The van der Waals surface area contributed by atoms with Gasteiger partial charge in [0.2, 0.25) is 5.91 Å². The molecule has 1 unspecified atom stereocenters. The van der Waals surface area contributed by atoms with Gasteiger partial charge in [-0.25, -0.2) is 0 Å². The number of thioether (sulfide) groups is 1. The predicted octanol–water partition coefficient (Wildman–Crippen LogP) is 4.36. The Hall–Kier alpha value is -1.07. The van der Waals surface area contributed by atoms with Crippen LogP contribution in [0.25, 0.3) is 0 Å². The molecule has 0 radical (unpaired) electrons. The Kier molecular flexibility index (Phi) is 6.70. The van der Waals surface area contributed by atoms with Gasteiger partial charge in [0.15, 0.2) is 11.5 Å². The number of benzene rings is 1. The monoisotopic (exact) mass is 343 g/mol. The zero-order valence-corrected chi connectivity index (χ0v) is 14.6. The summed E-state index contributed by atoms with van der Waals surface area (Å²) in [6.45, 7) is 5.26. The molecule has 1 heterocycles.